The molecule has 3 heteroatoms. The van der Waals surface area contributed by atoms with E-state index in [-0.39, 0.29) is 11.3 Å². The van der Waals surface area contributed by atoms with E-state index in [1.165, 1.54) is 11.1 Å². The molecule has 1 rings (SSSR count). The first-order valence-corrected chi connectivity index (χ1v) is 9.01. The van der Waals surface area contributed by atoms with Crippen molar-refractivity contribution in [2.45, 2.75) is 52.3 Å². The fourth-order valence-corrected chi connectivity index (χ4v) is 3.87. The highest BCUT2D eigenvalue weighted by Gasteiger charge is 2.23. The molecule has 0 aliphatic rings. The molecule has 2 nitrogen and oxygen atoms in total. The van der Waals surface area contributed by atoms with Crippen LogP contribution in [-0.4, -0.2) is 21.8 Å². The first-order valence-electron chi connectivity index (χ1n) is 7.62. The largest absolute Gasteiger partial charge is 0.309 e. The molecule has 20 heavy (non-hydrogen) atoms. The predicted octanol–water partition coefficient (Wildman–Crippen LogP) is 3.83. The average Bonchev–Trinajstić information content (AvgIpc) is 2.42. The van der Waals surface area contributed by atoms with Crippen LogP contribution in [0.5, 0.6) is 0 Å². The Labute approximate surface area is 126 Å². The molecule has 1 aromatic rings. The van der Waals surface area contributed by atoms with Crippen LogP contribution in [0.2, 0.25) is 0 Å². The van der Waals surface area contributed by atoms with Gasteiger partial charge in [-0.3, -0.25) is 4.21 Å². The SMILES string of the molecule is CCNC(c1ccc(C)cc1)C(C)S(=O)CCC(C)C. The fraction of sp³-hybridized carbons (Fsp3) is 0.647. The Morgan fingerprint density at radius 1 is 1.15 bits per heavy atom. The van der Waals surface area contributed by atoms with Crippen molar-refractivity contribution >= 4 is 10.8 Å². The molecular formula is C17H29NOS. The third-order valence-corrected chi connectivity index (χ3v) is 5.38. The molecule has 0 saturated heterocycles. The average molecular weight is 295 g/mol. The maximum atomic E-state index is 12.5. The molecule has 0 spiro atoms. The summed E-state index contributed by atoms with van der Waals surface area (Å²) in [5, 5.41) is 3.63. The van der Waals surface area contributed by atoms with Crippen LogP contribution in [0.1, 0.15) is 51.3 Å². The summed E-state index contributed by atoms with van der Waals surface area (Å²) in [6.45, 7) is 11.6. The highest BCUT2D eigenvalue weighted by Crippen LogP contribution is 2.22. The van der Waals surface area contributed by atoms with Crippen molar-refractivity contribution in [3.05, 3.63) is 35.4 Å². The minimum Gasteiger partial charge on any atom is -0.309 e. The number of hydrogen-bond acceptors (Lipinski definition) is 2. The van der Waals surface area contributed by atoms with Gasteiger partial charge >= 0.3 is 0 Å². The predicted molar refractivity (Wildman–Crippen MR) is 89.5 cm³/mol. The van der Waals surface area contributed by atoms with Gasteiger partial charge in [0, 0.05) is 22.6 Å². The van der Waals surface area contributed by atoms with Gasteiger partial charge in [0.05, 0.1) is 5.25 Å². The van der Waals surface area contributed by atoms with Crippen LogP contribution in [0.25, 0.3) is 0 Å². The number of benzene rings is 1. The highest BCUT2D eigenvalue weighted by molar-refractivity contribution is 7.85. The second kappa shape index (κ2) is 8.58. The van der Waals surface area contributed by atoms with Gasteiger partial charge in [0.25, 0.3) is 0 Å². The normalized spacial score (nSPS) is 16.1. The Hall–Kier alpha value is -0.670. The second-order valence-electron chi connectivity index (χ2n) is 5.92. The molecular weight excluding hydrogens is 266 g/mol. The fourth-order valence-electron chi connectivity index (χ4n) is 2.24. The van der Waals surface area contributed by atoms with Crippen molar-refractivity contribution in [2.75, 3.05) is 12.3 Å². The molecule has 1 N–H and O–H groups in total. The Morgan fingerprint density at radius 2 is 1.75 bits per heavy atom. The molecule has 0 heterocycles. The van der Waals surface area contributed by atoms with Crippen LogP contribution in [0.15, 0.2) is 24.3 Å². The van der Waals surface area contributed by atoms with Crippen LogP contribution in [0, 0.1) is 12.8 Å². The number of aryl methyl sites for hydroxylation is 1. The van der Waals surface area contributed by atoms with E-state index in [0.717, 1.165) is 18.7 Å². The summed E-state index contributed by atoms with van der Waals surface area (Å²) in [5.74, 6) is 1.41. The molecule has 0 fully saturated rings. The summed E-state index contributed by atoms with van der Waals surface area (Å²) in [4.78, 5) is 0. The van der Waals surface area contributed by atoms with Gasteiger partial charge in [-0.05, 0) is 38.3 Å². The topological polar surface area (TPSA) is 29.1 Å². The minimum absolute atomic E-state index is 0.136. The zero-order valence-electron chi connectivity index (χ0n) is 13.5. The van der Waals surface area contributed by atoms with Crippen LogP contribution in [0.3, 0.4) is 0 Å². The Morgan fingerprint density at radius 3 is 2.25 bits per heavy atom. The van der Waals surface area contributed by atoms with E-state index >= 15 is 0 Å². The van der Waals surface area contributed by atoms with Gasteiger partial charge in [-0.1, -0.05) is 50.6 Å². The van der Waals surface area contributed by atoms with Gasteiger partial charge in [-0.25, -0.2) is 0 Å². The van der Waals surface area contributed by atoms with E-state index < -0.39 is 10.8 Å². The summed E-state index contributed by atoms with van der Waals surface area (Å²) in [6.07, 6.45) is 1.03. The molecule has 0 radical (unpaired) electrons. The number of rotatable bonds is 8. The lowest BCUT2D eigenvalue weighted by Gasteiger charge is -2.25. The van der Waals surface area contributed by atoms with Crippen molar-refractivity contribution in [3.8, 4) is 0 Å². The first-order chi connectivity index (χ1) is 9.45. The maximum Gasteiger partial charge on any atom is 0.0514 e. The van der Waals surface area contributed by atoms with E-state index in [4.69, 9.17) is 0 Å². The lowest BCUT2D eigenvalue weighted by molar-refractivity contribution is 0.532. The Balaban J connectivity index is 2.78. The molecule has 114 valence electrons. The third-order valence-electron chi connectivity index (χ3n) is 3.64. The molecule has 0 aromatic heterocycles. The molecule has 0 saturated carbocycles. The Kier molecular flexibility index (Phi) is 7.46. The molecule has 0 aliphatic carbocycles. The van der Waals surface area contributed by atoms with E-state index in [9.17, 15) is 4.21 Å². The van der Waals surface area contributed by atoms with E-state index in [2.05, 4.69) is 64.2 Å². The van der Waals surface area contributed by atoms with E-state index in [1.54, 1.807) is 0 Å². The van der Waals surface area contributed by atoms with Gasteiger partial charge in [0.15, 0.2) is 0 Å². The molecule has 1 aromatic carbocycles. The molecule has 3 unspecified atom stereocenters. The lowest BCUT2D eigenvalue weighted by Crippen LogP contribution is -2.34. The quantitative estimate of drug-likeness (QED) is 0.790. The highest BCUT2D eigenvalue weighted by atomic mass is 32.2. The van der Waals surface area contributed by atoms with Gasteiger partial charge in [0.1, 0.15) is 0 Å². The number of hydrogen-bond donors (Lipinski definition) is 1. The molecule has 0 bridgehead atoms. The first kappa shape index (κ1) is 17.4. The van der Waals surface area contributed by atoms with Crippen molar-refractivity contribution in [1.82, 2.24) is 5.32 Å². The maximum absolute atomic E-state index is 12.5. The Bertz CT molecular complexity index is 414. The minimum atomic E-state index is -0.785. The third kappa shape index (κ3) is 5.37. The van der Waals surface area contributed by atoms with Gasteiger partial charge in [0.2, 0.25) is 0 Å². The summed E-state index contributed by atoms with van der Waals surface area (Å²) in [6, 6.07) is 8.73. The smallest absolute Gasteiger partial charge is 0.0514 e. The van der Waals surface area contributed by atoms with E-state index in [0.29, 0.717) is 5.92 Å². The summed E-state index contributed by atoms with van der Waals surface area (Å²) >= 11 is 0. The monoisotopic (exact) mass is 295 g/mol. The van der Waals surface area contributed by atoms with Gasteiger partial charge in [-0.2, -0.15) is 0 Å². The second-order valence-corrected chi connectivity index (χ2v) is 7.83. The van der Waals surface area contributed by atoms with E-state index in [1.807, 2.05) is 0 Å². The van der Waals surface area contributed by atoms with Crippen molar-refractivity contribution < 1.29 is 4.21 Å². The summed E-state index contributed by atoms with van der Waals surface area (Å²) in [5.41, 5.74) is 2.50. The van der Waals surface area contributed by atoms with Crippen LogP contribution >= 0.6 is 0 Å². The summed E-state index contributed by atoms with van der Waals surface area (Å²) in [7, 11) is -0.785. The van der Waals surface area contributed by atoms with Crippen molar-refractivity contribution in [2.24, 2.45) is 5.92 Å². The van der Waals surface area contributed by atoms with Crippen LogP contribution in [-0.2, 0) is 10.8 Å². The number of nitrogens with one attached hydrogen (secondary N) is 1. The summed E-state index contributed by atoms with van der Waals surface area (Å²) < 4.78 is 12.5. The van der Waals surface area contributed by atoms with Gasteiger partial charge < -0.3 is 5.32 Å². The van der Waals surface area contributed by atoms with Crippen LogP contribution < -0.4 is 5.32 Å². The lowest BCUT2D eigenvalue weighted by atomic mass is 10.0. The van der Waals surface area contributed by atoms with Gasteiger partial charge in [-0.15, -0.1) is 0 Å². The zero-order chi connectivity index (χ0) is 15.1. The standard InChI is InChI=1S/C17H29NOS/c1-6-18-17(16-9-7-14(4)8-10-16)15(5)20(19)12-11-13(2)3/h7-10,13,15,17-18H,6,11-12H2,1-5H3. The molecule has 0 aliphatic heterocycles. The van der Waals surface area contributed by atoms with Crippen molar-refractivity contribution in [3.63, 3.8) is 0 Å². The molecule has 0 amide bonds. The van der Waals surface area contributed by atoms with Crippen molar-refractivity contribution in [1.29, 1.82) is 0 Å². The zero-order valence-corrected chi connectivity index (χ0v) is 14.3. The van der Waals surface area contributed by atoms with Crippen LogP contribution in [0.4, 0.5) is 0 Å². The molecule has 3 atom stereocenters.